The SMILES string of the molecule is O=[N+]([O-])c1ccc(C(=C(F)N2CCCC2)c2ccc([N+](=O)[O-])cc2)cc1. The summed E-state index contributed by atoms with van der Waals surface area (Å²) in [6, 6.07) is 11.2. The van der Waals surface area contributed by atoms with Gasteiger partial charge in [-0.05, 0) is 48.2 Å². The molecule has 2 aromatic rings. The smallest absolute Gasteiger partial charge is 0.269 e. The minimum absolute atomic E-state index is 0.0848. The van der Waals surface area contributed by atoms with Crippen molar-refractivity contribution in [3.05, 3.63) is 85.8 Å². The van der Waals surface area contributed by atoms with Crippen LogP contribution in [0.1, 0.15) is 24.0 Å². The number of nitrogens with zero attached hydrogens (tertiary/aromatic N) is 3. The number of nitro benzene ring substituents is 2. The maximum Gasteiger partial charge on any atom is 0.269 e. The first kappa shape index (κ1) is 17.5. The molecule has 7 nitrogen and oxygen atoms in total. The molecular weight excluding hydrogens is 341 g/mol. The van der Waals surface area contributed by atoms with Crippen LogP contribution >= 0.6 is 0 Å². The first-order chi connectivity index (χ1) is 12.5. The largest absolute Gasteiger partial charge is 0.348 e. The molecule has 0 amide bonds. The monoisotopic (exact) mass is 357 g/mol. The van der Waals surface area contributed by atoms with Crippen LogP contribution in [0.3, 0.4) is 0 Å². The highest BCUT2D eigenvalue weighted by Crippen LogP contribution is 2.33. The number of halogens is 1. The molecule has 2 aromatic carbocycles. The highest BCUT2D eigenvalue weighted by Gasteiger charge is 2.22. The molecule has 1 aliphatic rings. The van der Waals surface area contributed by atoms with E-state index >= 15 is 4.39 Å². The summed E-state index contributed by atoms with van der Waals surface area (Å²) in [7, 11) is 0. The molecule has 0 saturated carbocycles. The van der Waals surface area contributed by atoms with E-state index in [-0.39, 0.29) is 16.9 Å². The van der Waals surface area contributed by atoms with Gasteiger partial charge in [0.2, 0.25) is 0 Å². The van der Waals surface area contributed by atoms with Gasteiger partial charge in [-0.25, -0.2) is 0 Å². The summed E-state index contributed by atoms with van der Waals surface area (Å²) in [4.78, 5) is 22.3. The quantitative estimate of drug-likeness (QED) is 0.452. The molecule has 0 bridgehead atoms. The van der Waals surface area contributed by atoms with Crippen molar-refractivity contribution in [1.29, 1.82) is 0 Å². The summed E-state index contributed by atoms with van der Waals surface area (Å²) in [6.45, 7) is 1.19. The van der Waals surface area contributed by atoms with Gasteiger partial charge in [-0.3, -0.25) is 20.2 Å². The molecule has 0 radical (unpaired) electrons. The summed E-state index contributed by atoms with van der Waals surface area (Å²) in [5, 5.41) is 21.7. The van der Waals surface area contributed by atoms with Crippen LogP contribution in [0.4, 0.5) is 15.8 Å². The predicted octanol–water partition coefficient (Wildman–Crippen LogP) is 4.29. The molecule has 1 saturated heterocycles. The maximum absolute atomic E-state index is 15.2. The Morgan fingerprint density at radius 1 is 0.808 bits per heavy atom. The average Bonchev–Trinajstić information content (AvgIpc) is 3.17. The zero-order chi connectivity index (χ0) is 18.7. The normalized spacial score (nSPS) is 13.5. The predicted molar refractivity (Wildman–Crippen MR) is 94.1 cm³/mol. The van der Waals surface area contributed by atoms with Gasteiger partial charge in [0.25, 0.3) is 11.4 Å². The number of non-ortho nitro benzene ring substituents is 2. The van der Waals surface area contributed by atoms with E-state index in [1.165, 1.54) is 48.5 Å². The Hall–Kier alpha value is -3.29. The zero-order valence-electron chi connectivity index (χ0n) is 13.8. The van der Waals surface area contributed by atoms with Crippen LogP contribution < -0.4 is 0 Å². The number of hydrogen-bond acceptors (Lipinski definition) is 5. The fraction of sp³-hybridized carbons (Fsp3) is 0.222. The maximum atomic E-state index is 15.2. The highest BCUT2D eigenvalue weighted by atomic mass is 19.1. The van der Waals surface area contributed by atoms with Crippen molar-refractivity contribution < 1.29 is 14.2 Å². The van der Waals surface area contributed by atoms with Crippen LogP contribution in [-0.2, 0) is 0 Å². The number of likely N-dealkylation sites (tertiary alicyclic amines) is 1. The van der Waals surface area contributed by atoms with Crippen molar-refractivity contribution in [3.63, 3.8) is 0 Å². The van der Waals surface area contributed by atoms with Gasteiger partial charge >= 0.3 is 0 Å². The second-order valence-electron chi connectivity index (χ2n) is 5.97. The molecule has 1 heterocycles. The van der Waals surface area contributed by atoms with E-state index in [9.17, 15) is 20.2 Å². The van der Waals surface area contributed by atoms with Crippen LogP contribution in [0.5, 0.6) is 0 Å². The van der Waals surface area contributed by atoms with E-state index in [2.05, 4.69) is 0 Å². The molecule has 8 heteroatoms. The molecular formula is C18H16FN3O4. The number of benzene rings is 2. The molecule has 1 fully saturated rings. The third-order valence-corrected chi connectivity index (χ3v) is 4.32. The lowest BCUT2D eigenvalue weighted by Crippen LogP contribution is -2.17. The topological polar surface area (TPSA) is 89.5 Å². The Kier molecular flexibility index (Phi) is 4.92. The Morgan fingerprint density at radius 2 is 1.19 bits per heavy atom. The first-order valence-corrected chi connectivity index (χ1v) is 8.12. The van der Waals surface area contributed by atoms with Gasteiger partial charge in [0.1, 0.15) is 0 Å². The van der Waals surface area contributed by atoms with Crippen molar-refractivity contribution in [2.75, 3.05) is 13.1 Å². The van der Waals surface area contributed by atoms with Crippen molar-refractivity contribution in [2.24, 2.45) is 0 Å². The van der Waals surface area contributed by atoms with Crippen molar-refractivity contribution in [3.8, 4) is 0 Å². The molecule has 0 spiro atoms. The van der Waals surface area contributed by atoms with Crippen LogP contribution in [0.25, 0.3) is 5.57 Å². The molecule has 0 aliphatic carbocycles. The van der Waals surface area contributed by atoms with E-state index in [0.29, 0.717) is 24.2 Å². The zero-order valence-corrected chi connectivity index (χ0v) is 13.8. The minimum atomic E-state index is -0.518. The van der Waals surface area contributed by atoms with E-state index < -0.39 is 15.8 Å². The summed E-state index contributed by atoms with van der Waals surface area (Å²) in [6.07, 6.45) is 1.78. The summed E-state index contributed by atoms with van der Waals surface area (Å²) >= 11 is 0. The van der Waals surface area contributed by atoms with E-state index in [4.69, 9.17) is 0 Å². The third kappa shape index (κ3) is 3.53. The van der Waals surface area contributed by atoms with Gasteiger partial charge in [0.05, 0.1) is 9.85 Å². The lowest BCUT2D eigenvalue weighted by molar-refractivity contribution is -0.385. The first-order valence-electron chi connectivity index (χ1n) is 8.12. The average molecular weight is 357 g/mol. The standard InChI is InChI=1S/C18H16FN3O4/c19-18(20-11-1-2-12-20)17(13-3-7-15(8-4-13)21(23)24)14-5-9-16(10-6-14)22(25)26/h3-10H,1-2,11-12H2. The Labute approximate surface area is 148 Å². The second kappa shape index (κ2) is 7.30. The second-order valence-corrected chi connectivity index (χ2v) is 5.97. The molecule has 0 unspecified atom stereocenters. The molecule has 26 heavy (non-hydrogen) atoms. The lowest BCUT2D eigenvalue weighted by atomic mass is 9.97. The molecule has 134 valence electrons. The Balaban J connectivity index is 2.08. The summed E-state index contributed by atoms with van der Waals surface area (Å²) < 4.78 is 15.2. The van der Waals surface area contributed by atoms with Crippen molar-refractivity contribution in [1.82, 2.24) is 4.90 Å². The molecule has 3 rings (SSSR count). The number of nitro groups is 2. The Bertz CT molecular complexity index is 798. The van der Waals surface area contributed by atoms with Gasteiger partial charge in [-0.2, -0.15) is 4.39 Å². The molecule has 1 aliphatic heterocycles. The molecule has 0 atom stereocenters. The van der Waals surface area contributed by atoms with Gasteiger partial charge in [0, 0.05) is 42.9 Å². The van der Waals surface area contributed by atoms with Gasteiger partial charge < -0.3 is 4.90 Å². The third-order valence-electron chi connectivity index (χ3n) is 4.32. The fourth-order valence-electron chi connectivity index (χ4n) is 2.98. The lowest BCUT2D eigenvalue weighted by Gasteiger charge is -2.19. The summed E-state index contributed by atoms with van der Waals surface area (Å²) in [5.41, 5.74) is 1.07. The fourth-order valence-corrected chi connectivity index (χ4v) is 2.98. The van der Waals surface area contributed by atoms with Crippen LogP contribution in [0.2, 0.25) is 0 Å². The molecule has 0 N–H and O–H groups in total. The van der Waals surface area contributed by atoms with Gasteiger partial charge in [0.15, 0.2) is 5.95 Å². The van der Waals surface area contributed by atoms with Crippen molar-refractivity contribution >= 4 is 16.9 Å². The number of hydrogen-bond donors (Lipinski definition) is 0. The van der Waals surface area contributed by atoms with E-state index in [1.807, 2.05) is 0 Å². The van der Waals surface area contributed by atoms with Crippen LogP contribution in [0.15, 0.2) is 54.5 Å². The minimum Gasteiger partial charge on any atom is -0.348 e. The van der Waals surface area contributed by atoms with Gasteiger partial charge in [-0.1, -0.05) is 0 Å². The van der Waals surface area contributed by atoms with Crippen molar-refractivity contribution in [2.45, 2.75) is 12.8 Å². The van der Waals surface area contributed by atoms with Crippen LogP contribution in [-0.4, -0.2) is 27.8 Å². The molecule has 0 aromatic heterocycles. The number of rotatable bonds is 5. The van der Waals surface area contributed by atoms with Gasteiger partial charge in [-0.15, -0.1) is 0 Å². The van der Waals surface area contributed by atoms with E-state index in [0.717, 1.165) is 12.8 Å². The Morgan fingerprint density at radius 3 is 1.54 bits per heavy atom. The van der Waals surface area contributed by atoms with E-state index in [1.54, 1.807) is 4.90 Å². The van der Waals surface area contributed by atoms with Crippen LogP contribution in [0, 0.1) is 20.2 Å². The summed E-state index contributed by atoms with van der Waals surface area (Å²) in [5.74, 6) is -0.426. The highest BCUT2D eigenvalue weighted by molar-refractivity contribution is 5.81.